The molecule has 0 heterocycles. The molecule has 0 rings (SSSR count). The van der Waals surface area contributed by atoms with Gasteiger partial charge in [-0.25, -0.2) is 0 Å². The molecule has 0 fully saturated rings. The first-order valence-electron chi connectivity index (χ1n) is 4.27. The molecule has 92 valence electrons. The molecule has 0 aromatic heterocycles. The number of ether oxygens (including phenoxy) is 1. The van der Waals surface area contributed by atoms with E-state index in [-0.39, 0.29) is 4.97 Å². The molecule has 0 aliphatic carbocycles. The third kappa shape index (κ3) is 6.40. The molecule has 0 saturated heterocycles. The number of hydrogen-bond acceptors (Lipinski definition) is 6. The van der Waals surface area contributed by atoms with Crippen LogP contribution in [0, 0.1) is 5.21 Å². The van der Waals surface area contributed by atoms with Crippen LogP contribution in [-0.4, -0.2) is 46.9 Å². The van der Waals surface area contributed by atoms with Crippen LogP contribution in [0.3, 0.4) is 0 Å². The molecule has 0 aliphatic heterocycles. The standard InChI is InChI=1S/C7H13N3O6/c1-5(11)15-6(2)16-8-10(14)9(3)4-7(12)13/h6H,4H2,1-3H3,(H,12,13). The summed E-state index contributed by atoms with van der Waals surface area (Å²) in [6, 6.07) is 0. The fourth-order valence-electron chi connectivity index (χ4n) is 0.681. The van der Waals surface area contributed by atoms with Crippen LogP contribution in [0.1, 0.15) is 13.8 Å². The number of carbonyl (C=O) groups is 2. The minimum Gasteiger partial charge on any atom is -0.569 e. The highest BCUT2D eigenvalue weighted by Gasteiger charge is 2.13. The maximum absolute atomic E-state index is 11.0. The summed E-state index contributed by atoms with van der Waals surface area (Å²) in [4.78, 5) is 25.1. The number of rotatable bonds is 6. The van der Waals surface area contributed by atoms with Gasteiger partial charge in [0.1, 0.15) is 0 Å². The van der Waals surface area contributed by atoms with Crippen LogP contribution in [0.4, 0.5) is 0 Å². The number of likely N-dealkylation sites (N-methyl/N-ethyl adjacent to an activating group) is 1. The topological polar surface area (TPSA) is 114 Å². The molecule has 0 aromatic rings. The maximum Gasteiger partial charge on any atom is 0.329 e. The Morgan fingerprint density at radius 1 is 1.62 bits per heavy atom. The molecule has 0 spiro atoms. The van der Waals surface area contributed by atoms with E-state index in [9.17, 15) is 14.8 Å². The third-order valence-electron chi connectivity index (χ3n) is 1.25. The van der Waals surface area contributed by atoms with Gasteiger partial charge in [0.05, 0.1) is 12.0 Å². The van der Waals surface area contributed by atoms with Gasteiger partial charge in [-0.15, -0.1) is 5.01 Å². The predicted octanol–water partition coefficient (Wildman–Crippen LogP) is -0.279. The Hall–Kier alpha value is -2.06. The number of carboxylic acids is 1. The minimum absolute atomic E-state index is 0.0614. The van der Waals surface area contributed by atoms with Crippen LogP contribution in [0.25, 0.3) is 0 Å². The zero-order valence-corrected chi connectivity index (χ0v) is 9.11. The number of carbonyl (C=O) groups excluding carboxylic acids is 1. The molecular formula is C7H13N3O6. The Bertz CT molecular complexity index is 292. The molecule has 0 amide bonds. The average molecular weight is 235 g/mol. The van der Waals surface area contributed by atoms with Crippen molar-refractivity contribution >= 4 is 11.9 Å². The van der Waals surface area contributed by atoms with Crippen molar-refractivity contribution in [3.63, 3.8) is 0 Å². The Morgan fingerprint density at radius 3 is 2.62 bits per heavy atom. The Morgan fingerprint density at radius 2 is 2.19 bits per heavy atom. The monoisotopic (exact) mass is 235 g/mol. The predicted molar refractivity (Wildman–Crippen MR) is 48.6 cm³/mol. The van der Waals surface area contributed by atoms with Gasteiger partial charge in [-0.3, -0.25) is 14.4 Å². The highest BCUT2D eigenvalue weighted by atomic mass is 16.8. The van der Waals surface area contributed by atoms with E-state index in [0.717, 1.165) is 5.01 Å². The van der Waals surface area contributed by atoms with E-state index in [4.69, 9.17) is 5.11 Å². The van der Waals surface area contributed by atoms with Crippen molar-refractivity contribution in [2.75, 3.05) is 13.6 Å². The maximum atomic E-state index is 11.0. The SMILES string of the molecule is CC(=O)OC(C)ON=[N+]([O-])N(C)CC(=O)O. The molecule has 1 atom stereocenters. The fourth-order valence-corrected chi connectivity index (χ4v) is 0.681. The summed E-state index contributed by atoms with van der Waals surface area (Å²) in [6.07, 6.45) is -1.02. The van der Waals surface area contributed by atoms with Gasteiger partial charge in [0.15, 0.2) is 6.54 Å². The summed E-state index contributed by atoms with van der Waals surface area (Å²) in [6.45, 7) is 2.00. The molecule has 0 aromatic carbocycles. The van der Waals surface area contributed by atoms with E-state index < -0.39 is 24.8 Å². The van der Waals surface area contributed by atoms with Crippen LogP contribution in [0.15, 0.2) is 5.28 Å². The Balaban J connectivity index is 4.11. The van der Waals surface area contributed by atoms with Crippen LogP contribution >= 0.6 is 0 Å². The van der Waals surface area contributed by atoms with Gasteiger partial charge in [-0.05, 0) is 0 Å². The summed E-state index contributed by atoms with van der Waals surface area (Å²) < 4.78 is 4.51. The molecule has 0 bridgehead atoms. The molecule has 9 nitrogen and oxygen atoms in total. The van der Waals surface area contributed by atoms with Crippen LogP contribution in [-0.2, 0) is 19.2 Å². The summed E-state index contributed by atoms with van der Waals surface area (Å²) in [5.74, 6) is -1.77. The lowest BCUT2D eigenvalue weighted by molar-refractivity contribution is -0.705. The lowest BCUT2D eigenvalue weighted by Crippen LogP contribution is -2.32. The van der Waals surface area contributed by atoms with Crippen molar-refractivity contribution < 1.29 is 29.2 Å². The molecule has 1 N–H and O–H groups in total. The van der Waals surface area contributed by atoms with E-state index in [2.05, 4.69) is 14.9 Å². The Labute approximate surface area is 91.4 Å². The van der Waals surface area contributed by atoms with E-state index >= 15 is 0 Å². The van der Waals surface area contributed by atoms with Gasteiger partial charge >= 0.3 is 11.9 Å². The molecule has 0 saturated carbocycles. The summed E-state index contributed by atoms with van der Waals surface area (Å²) in [5, 5.41) is 23.1. The number of carboxylic acid groups (broad SMARTS) is 1. The molecule has 0 radical (unpaired) electrons. The lowest BCUT2D eigenvalue weighted by Gasteiger charge is -2.11. The molecular weight excluding hydrogens is 222 g/mol. The summed E-state index contributed by atoms with van der Waals surface area (Å²) >= 11 is 0. The number of esters is 1. The molecule has 0 aliphatic rings. The summed E-state index contributed by atoms with van der Waals surface area (Å²) in [5.41, 5.74) is 0. The zero-order valence-electron chi connectivity index (χ0n) is 9.11. The highest BCUT2D eigenvalue weighted by Crippen LogP contribution is 1.96. The van der Waals surface area contributed by atoms with Crippen LogP contribution in [0.2, 0.25) is 0 Å². The number of hydrazine groups is 1. The van der Waals surface area contributed by atoms with Crippen LogP contribution in [0.5, 0.6) is 0 Å². The van der Waals surface area contributed by atoms with Gasteiger partial charge in [0, 0.05) is 13.8 Å². The number of nitrogens with zero attached hydrogens (tertiary/aromatic N) is 3. The van der Waals surface area contributed by atoms with Crippen molar-refractivity contribution in [1.82, 2.24) is 5.01 Å². The molecule has 9 heteroatoms. The van der Waals surface area contributed by atoms with E-state index in [0.29, 0.717) is 0 Å². The van der Waals surface area contributed by atoms with Gasteiger partial charge in [0.25, 0.3) is 6.29 Å². The zero-order chi connectivity index (χ0) is 12.7. The first kappa shape index (κ1) is 13.9. The number of hydrogen-bond donors (Lipinski definition) is 1. The number of aliphatic carboxylic acids is 1. The van der Waals surface area contributed by atoms with E-state index in [1.807, 2.05) is 0 Å². The largest absolute Gasteiger partial charge is 0.569 e. The smallest absolute Gasteiger partial charge is 0.329 e. The normalized spacial score (nSPS) is 12.8. The van der Waals surface area contributed by atoms with Crippen LogP contribution < -0.4 is 0 Å². The first-order valence-corrected chi connectivity index (χ1v) is 4.27. The van der Waals surface area contributed by atoms with Gasteiger partial charge in [0.2, 0.25) is 5.28 Å². The average Bonchev–Trinajstić information content (AvgIpc) is 2.11. The van der Waals surface area contributed by atoms with Crippen molar-refractivity contribution in [3.8, 4) is 0 Å². The Kier molecular flexibility index (Phi) is 5.60. The highest BCUT2D eigenvalue weighted by molar-refractivity contribution is 5.68. The van der Waals surface area contributed by atoms with Crippen molar-refractivity contribution in [2.45, 2.75) is 20.1 Å². The lowest BCUT2D eigenvalue weighted by atomic mass is 10.7. The van der Waals surface area contributed by atoms with Crippen molar-refractivity contribution in [2.24, 2.45) is 5.28 Å². The van der Waals surface area contributed by atoms with Gasteiger partial charge < -0.3 is 15.1 Å². The van der Waals surface area contributed by atoms with Gasteiger partial charge in [-0.1, -0.05) is 0 Å². The minimum atomic E-state index is -1.19. The molecule has 1 unspecified atom stereocenters. The van der Waals surface area contributed by atoms with Crippen molar-refractivity contribution in [1.29, 1.82) is 0 Å². The second-order valence-corrected chi connectivity index (χ2v) is 2.83. The second kappa shape index (κ2) is 6.43. The second-order valence-electron chi connectivity index (χ2n) is 2.83. The fraction of sp³-hybridized carbons (Fsp3) is 0.714. The van der Waals surface area contributed by atoms with E-state index in [1.54, 1.807) is 0 Å². The quantitative estimate of drug-likeness (QED) is 0.221. The summed E-state index contributed by atoms with van der Waals surface area (Å²) in [7, 11) is 1.21. The van der Waals surface area contributed by atoms with E-state index in [1.165, 1.54) is 20.9 Å². The van der Waals surface area contributed by atoms with Crippen molar-refractivity contribution in [3.05, 3.63) is 5.21 Å². The third-order valence-corrected chi connectivity index (χ3v) is 1.25. The molecule has 16 heavy (non-hydrogen) atoms. The first-order chi connectivity index (χ1) is 7.32. The van der Waals surface area contributed by atoms with Gasteiger partial charge in [-0.2, -0.15) is 0 Å².